The number of amides is 1. The van der Waals surface area contributed by atoms with Gasteiger partial charge in [0, 0.05) is 18.8 Å². The van der Waals surface area contributed by atoms with Crippen molar-refractivity contribution in [2.24, 2.45) is 0 Å². The summed E-state index contributed by atoms with van der Waals surface area (Å²) in [6, 6.07) is 3.35. The number of nitrogens with zero attached hydrogens (tertiary/aromatic N) is 2. The maximum absolute atomic E-state index is 12.0. The standard InChI is InChI=1S/C13H16N2O3S/c1-2-15(10-3-4-10)12(16)8-19-11-7-9(13(17)18)5-6-14-11/h5-7,10H,2-4,8H2,1H3,(H,17,18). The van der Waals surface area contributed by atoms with E-state index in [1.807, 2.05) is 11.8 Å². The number of hydrogen-bond donors (Lipinski definition) is 1. The van der Waals surface area contributed by atoms with Crippen molar-refractivity contribution in [3.05, 3.63) is 23.9 Å². The van der Waals surface area contributed by atoms with Crippen molar-refractivity contribution in [2.45, 2.75) is 30.8 Å². The Morgan fingerprint density at radius 1 is 1.53 bits per heavy atom. The summed E-state index contributed by atoms with van der Waals surface area (Å²) in [6.07, 6.45) is 3.64. The molecule has 0 atom stereocenters. The van der Waals surface area contributed by atoms with Crippen molar-refractivity contribution >= 4 is 23.6 Å². The lowest BCUT2D eigenvalue weighted by atomic mass is 10.3. The van der Waals surface area contributed by atoms with Gasteiger partial charge in [0.05, 0.1) is 16.3 Å². The summed E-state index contributed by atoms with van der Waals surface area (Å²) in [4.78, 5) is 28.8. The molecule has 1 fully saturated rings. The van der Waals surface area contributed by atoms with Crippen LogP contribution in [0.15, 0.2) is 23.4 Å². The van der Waals surface area contributed by atoms with Crippen LogP contribution in [0.5, 0.6) is 0 Å². The highest BCUT2D eigenvalue weighted by Gasteiger charge is 2.31. The fourth-order valence-corrected chi connectivity index (χ4v) is 2.65. The zero-order valence-electron chi connectivity index (χ0n) is 10.7. The number of carbonyl (C=O) groups excluding carboxylic acids is 1. The monoisotopic (exact) mass is 280 g/mol. The lowest BCUT2D eigenvalue weighted by Crippen LogP contribution is -2.34. The first kappa shape index (κ1) is 13.9. The molecule has 0 radical (unpaired) electrons. The van der Waals surface area contributed by atoms with Gasteiger partial charge in [0.2, 0.25) is 5.91 Å². The molecule has 5 nitrogen and oxygen atoms in total. The predicted molar refractivity (Wildman–Crippen MR) is 72.3 cm³/mol. The summed E-state index contributed by atoms with van der Waals surface area (Å²) in [6.45, 7) is 2.71. The van der Waals surface area contributed by atoms with Crippen LogP contribution in [-0.2, 0) is 4.79 Å². The van der Waals surface area contributed by atoms with Gasteiger partial charge in [0.25, 0.3) is 0 Å². The molecule has 1 aliphatic rings. The Labute approximate surface area is 116 Å². The van der Waals surface area contributed by atoms with E-state index in [-0.39, 0.29) is 11.5 Å². The Hall–Kier alpha value is -1.56. The molecule has 0 aliphatic heterocycles. The van der Waals surface area contributed by atoms with Gasteiger partial charge in [0.1, 0.15) is 0 Å². The predicted octanol–water partition coefficient (Wildman–Crippen LogP) is 1.88. The average molecular weight is 280 g/mol. The number of hydrogen-bond acceptors (Lipinski definition) is 4. The van der Waals surface area contributed by atoms with E-state index < -0.39 is 5.97 Å². The molecule has 1 amide bonds. The number of carboxylic acids is 1. The Morgan fingerprint density at radius 2 is 2.26 bits per heavy atom. The molecular weight excluding hydrogens is 264 g/mol. The molecule has 1 heterocycles. The van der Waals surface area contributed by atoms with Gasteiger partial charge in [0.15, 0.2) is 0 Å². The molecule has 0 unspecified atom stereocenters. The summed E-state index contributed by atoms with van der Waals surface area (Å²) >= 11 is 1.28. The van der Waals surface area contributed by atoms with E-state index in [1.165, 1.54) is 30.1 Å². The van der Waals surface area contributed by atoms with Gasteiger partial charge in [-0.25, -0.2) is 9.78 Å². The third-order valence-corrected chi connectivity index (χ3v) is 3.88. The van der Waals surface area contributed by atoms with E-state index in [4.69, 9.17) is 5.11 Å². The van der Waals surface area contributed by atoms with Crippen LogP contribution in [0.1, 0.15) is 30.1 Å². The van der Waals surface area contributed by atoms with E-state index >= 15 is 0 Å². The molecule has 6 heteroatoms. The van der Waals surface area contributed by atoms with Crippen LogP contribution in [0, 0.1) is 0 Å². The van der Waals surface area contributed by atoms with Crippen LogP contribution in [0.2, 0.25) is 0 Å². The normalized spacial score (nSPS) is 14.2. The van der Waals surface area contributed by atoms with Gasteiger partial charge in [-0.05, 0) is 31.9 Å². The molecule has 1 aromatic heterocycles. The molecule has 2 rings (SSSR count). The second kappa shape index (κ2) is 6.06. The highest BCUT2D eigenvalue weighted by atomic mass is 32.2. The summed E-state index contributed by atoms with van der Waals surface area (Å²) < 4.78 is 0. The number of carbonyl (C=O) groups is 2. The third-order valence-electron chi connectivity index (χ3n) is 2.97. The first-order valence-corrected chi connectivity index (χ1v) is 7.22. The molecule has 1 aliphatic carbocycles. The second-order valence-corrected chi connectivity index (χ2v) is 5.38. The number of thioether (sulfide) groups is 1. The molecule has 0 saturated heterocycles. The summed E-state index contributed by atoms with van der Waals surface area (Å²) in [5, 5.41) is 9.45. The summed E-state index contributed by atoms with van der Waals surface area (Å²) in [7, 11) is 0. The molecule has 1 N–H and O–H groups in total. The van der Waals surface area contributed by atoms with Crippen molar-refractivity contribution in [1.82, 2.24) is 9.88 Å². The molecule has 1 saturated carbocycles. The summed E-state index contributed by atoms with van der Waals surface area (Å²) in [5.41, 5.74) is 0.194. The molecule has 0 aromatic carbocycles. The largest absolute Gasteiger partial charge is 0.478 e. The van der Waals surface area contributed by atoms with E-state index in [2.05, 4.69) is 4.98 Å². The van der Waals surface area contributed by atoms with Gasteiger partial charge < -0.3 is 10.0 Å². The van der Waals surface area contributed by atoms with Gasteiger partial charge in [-0.2, -0.15) is 0 Å². The van der Waals surface area contributed by atoms with Crippen LogP contribution >= 0.6 is 11.8 Å². The lowest BCUT2D eigenvalue weighted by molar-refractivity contribution is -0.128. The smallest absolute Gasteiger partial charge is 0.335 e. The molecular formula is C13H16N2O3S. The molecule has 102 valence electrons. The van der Waals surface area contributed by atoms with Crippen LogP contribution in [0.3, 0.4) is 0 Å². The van der Waals surface area contributed by atoms with Crippen LogP contribution in [0.4, 0.5) is 0 Å². The maximum Gasteiger partial charge on any atom is 0.335 e. The molecule has 19 heavy (non-hydrogen) atoms. The zero-order chi connectivity index (χ0) is 13.8. The minimum absolute atomic E-state index is 0.0949. The van der Waals surface area contributed by atoms with E-state index in [1.54, 1.807) is 0 Å². The van der Waals surface area contributed by atoms with Gasteiger partial charge in [-0.1, -0.05) is 11.8 Å². The van der Waals surface area contributed by atoms with Crippen LogP contribution < -0.4 is 0 Å². The van der Waals surface area contributed by atoms with Crippen molar-refractivity contribution < 1.29 is 14.7 Å². The van der Waals surface area contributed by atoms with Crippen LogP contribution in [0.25, 0.3) is 0 Å². The number of aromatic carboxylic acids is 1. The summed E-state index contributed by atoms with van der Waals surface area (Å²) in [5.74, 6) is -0.582. The maximum atomic E-state index is 12.0. The van der Waals surface area contributed by atoms with Crippen molar-refractivity contribution in [2.75, 3.05) is 12.3 Å². The van der Waals surface area contributed by atoms with Crippen LogP contribution in [-0.4, -0.2) is 45.2 Å². The van der Waals surface area contributed by atoms with Crippen molar-refractivity contribution in [3.8, 4) is 0 Å². The minimum Gasteiger partial charge on any atom is -0.478 e. The number of rotatable bonds is 6. The highest BCUT2D eigenvalue weighted by molar-refractivity contribution is 7.99. The minimum atomic E-state index is -0.983. The zero-order valence-corrected chi connectivity index (χ0v) is 11.5. The fourth-order valence-electron chi connectivity index (χ4n) is 1.86. The molecule has 0 spiro atoms. The van der Waals surface area contributed by atoms with Gasteiger partial charge in [-0.15, -0.1) is 0 Å². The number of carboxylic acid groups (broad SMARTS) is 1. The van der Waals surface area contributed by atoms with Gasteiger partial charge in [-0.3, -0.25) is 4.79 Å². The van der Waals surface area contributed by atoms with E-state index in [0.29, 0.717) is 16.8 Å². The Bertz CT molecular complexity index is 489. The quantitative estimate of drug-likeness (QED) is 0.806. The topological polar surface area (TPSA) is 70.5 Å². The van der Waals surface area contributed by atoms with E-state index in [0.717, 1.165) is 19.4 Å². The molecule has 1 aromatic rings. The van der Waals surface area contributed by atoms with Gasteiger partial charge >= 0.3 is 5.97 Å². The third kappa shape index (κ3) is 3.70. The first-order chi connectivity index (χ1) is 9.11. The van der Waals surface area contributed by atoms with Crippen molar-refractivity contribution in [3.63, 3.8) is 0 Å². The van der Waals surface area contributed by atoms with Crippen molar-refractivity contribution in [1.29, 1.82) is 0 Å². The first-order valence-electron chi connectivity index (χ1n) is 6.23. The molecule has 0 bridgehead atoms. The Morgan fingerprint density at radius 3 is 2.84 bits per heavy atom. The second-order valence-electron chi connectivity index (χ2n) is 4.39. The fraction of sp³-hybridized carbons (Fsp3) is 0.462. The SMILES string of the molecule is CCN(C(=O)CSc1cc(C(=O)O)ccn1)C1CC1. The number of aromatic nitrogens is 1. The Kier molecular flexibility index (Phi) is 4.42. The lowest BCUT2D eigenvalue weighted by Gasteiger charge is -2.19. The highest BCUT2D eigenvalue weighted by Crippen LogP contribution is 2.27. The Balaban J connectivity index is 1.92. The average Bonchev–Trinajstić information content (AvgIpc) is 3.22. The number of pyridine rings is 1. The van der Waals surface area contributed by atoms with E-state index in [9.17, 15) is 9.59 Å².